The summed E-state index contributed by atoms with van der Waals surface area (Å²) in [5.41, 5.74) is 8.31. The molecule has 0 spiro atoms. The molecule has 0 bridgehead atoms. The molecule has 0 radical (unpaired) electrons. The Morgan fingerprint density at radius 2 is 1.65 bits per heavy atom. The second kappa shape index (κ2) is 8.44. The van der Waals surface area contributed by atoms with E-state index in [2.05, 4.69) is 13.0 Å². The van der Waals surface area contributed by atoms with Crippen molar-refractivity contribution in [3.8, 4) is 17.2 Å². The van der Waals surface area contributed by atoms with Gasteiger partial charge in [0.15, 0.2) is 11.5 Å². The van der Waals surface area contributed by atoms with Crippen molar-refractivity contribution in [3.05, 3.63) is 53.6 Å². The number of aryl methyl sites for hydroxylation is 1. The zero-order valence-corrected chi connectivity index (χ0v) is 14.0. The van der Waals surface area contributed by atoms with Crippen molar-refractivity contribution < 1.29 is 14.2 Å². The highest BCUT2D eigenvalue weighted by molar-refractivity contribution is 5.40. The van der Waals surface area contributed by atoms with Gasteiger partial charge in [0.1, 0.15) is 5.75 Å². The molecule has 0 heterocycles. The van der Waals surface area contributed by atoms with Crippen LogP contribution in [0.25, 0.3) is 0 Å². The molecule has 0 saturated carbocycles. The minimum Gasteiger partial charge on any atom is -0.496 e. The monoisotopic (exact) mass is 315 g/mol. The first-order valence-corrected chi connectivity index (χ1v) is 7.80. The fraction of sp³-hybridized carbons (Fsp3) is 0.368. The van der Waals surface area contributed by atoms with Crippen LogP contribution in [0.3, 0.4) is 0 Å². The molecule has 2 N–H and O–H groups in total. The van der Waals surface area contributed by atoms with Crippen molar-refractivity contribution in [2.24, 2.45) is 5.73 Å². The van der Waals surface area contributed by atoms with E-state index in [0.717, 1.165) is 29.2 Å². The lowest BCUT2D eigenvalue weighted by Crippen LogP contribution is -2.16. The van der Waals surface area contributed by atoms with E-state index >= 15 is 0 Å². The molecule has 0 amide bonds. The Labute approximate surface area is 138 Å². The Morgan fingerprint density at radius 3 is 2.30 bits per heavy atom. The van der Waals surface area contributed by atoms with Crippen LogP contribution < -0.4 is 19.9 Å². The molecule has 0 aliphatic heterocycles. The van der Waals surface area contributed by atoms with E-state index < -0.39 is 0 Å². The summed E-state index contributed by atoms with van der Waals surface area (Å²) in [6.07, 6.45) is 0.814. The van der Waals surface area contributed by atoms with Crippen LogP contribution in [-0.4, -0.2) is 27.4 Å². The average molecular weight is 315 g/mol. The van der Waals surface area contributed by atoms with Crippen LogP contribution in [0.5, 0.6) is 17.2 Å². The molecule has 1 unspecified atom stereocenters. The molecule has 2 aromatic carbocycles. The van der Waals surface area contributed by atoms with Gasteiger partial charge in [0, 0.05) is 5.92 Å². The number of hydrogen-bond donors (Lipinski definition) is 1. The van der Waals surface area contributed by atoms with Crippen molar-refractivity contribution in [1.29, 1.82) is 0 Å². The van der Waals surface area contributed by atoms with E-state index in [0.29, 0.717) is 13.2 Å². The zero-order valence-electron chi connectivity index (χ0n) is 14.0. The van der Waals surface area contributed by atoms with Gasteiger partial charge in [-0.2, -0.15) is 0 Å². The molecule has 0 aromatic heterocycles. The third kappa shape index (κ3) is 4.39. The SMILES string of the molecule is COc1ccccc1OCCC(CN)c1cc(C)ccc1OC. The van der Waals surface area contributed by atoms with Crippen molar-refractivity contribution in [1.82, 2.24) is 0 Å². The first-order chi connectivity index (χ1) is 11.2. The van der Waals surface area contributed by atoms with Crippen LogP contribution in [0.15, 0.2) is 42.5 Å². The highest BCUT2D eigenvalue weighted by Crippen LogP contribution is 2.31. The number of rotatable bonds is 8. The van der Waals surface area contributed by atoms with E-state index in [1.54, 1.807) is 14.2 Å². The van der Waals surface area contributed by atoms with Gasteiger partial charge in [0.25, 0.3) is 0 Å². The summed E-state index contributed by atoms with van der Waals surface area (Å²) >= 11 is 0. The lowest BCUT2D eigenvalue weighted by Gasteiger charge is -2.19. The second-order valence-corrected chi connectivity index (χ2v) is 5.47. The molecule has 0 aliphatic rings. The van der Waals surface area contributed by atoms with Gasteiger partial charge in [0.2, 0.25) is 0 Å². The summed E-state index contributed by atoms with van der Waals surface area (Å²) in [4.78, 5) is 0. The standard InChI is InChI=1S/C19H25NO3/c1-14-8-9-17(21-2)16(12-14)15(13-20)10-11-23-19-7-5-4-6-18(19)22-3/h4-9,12,15H,10-11,13,20H2,1-3H3. The van der Waals surface area contributed by atoms with E-state index in [1.165, 1.54) is 5.56 Å². The van der Waals surface area contributed by atoms with Crippen LogP contribution in [0.1, 0.15) is 23.5 Å². The number of ether oxygens (including phenoxy) is 3. The molecule has 2 aromatic rings. The van der Waals surface area contributed by atoms with Gasteiger partial charge in [-0.1, -0.05) is 29.8 Å². The normalized spacial score (nSPS) is 11.8. The smallest absolute Gasteiger partial charge is 0.161 e. The van der Waals surface area contributed by atoms with E-state index in [1.807, 2.05) is 36.4 Å². The molecule has 23 heavy (non-hydrogen) atoms. The Kier molecular flexibility index (Phi) is 6.29. The number of hydrogen-bond acceptors (Lipinski definition) is 4. The lowest BCUT2D eigenvalue weighted by atomic mass is 9.94. The van der Waals surface area contributed by atoms with Gasteiger partial charge in [-0.3, -0.25) is 0 Å². The van der Waals surface area contributed by atoms with Crippen molar-refractivity contribution in [2.75, 3.05) is 27.4 Å². The number of nitrogens with two attached hydrogens (primary N) is 1. The summed E-state index contributed by atoms with van der Waals surface area (Å²) < 4.78 is 16.6. The van der Waals surface area contributed by atoms with E-state index in [-0.39, 0.29) is 5.92 Å². The van der Waals surface area contributed by atoms with Crippen LogP contribution >= 0.6 is 0 Å². The number of para-hydroxylation sites is 2. The number of methoxy groups -OCH3 is 2. The van der Waals surface area contributed by atoms with Crippen molar-refractivity contribution >= 4 is 0 Å². The molecule has 2 rings (SSSR count). The van der Waals surface area contributed by atoms with Crippen LogP contribution in [-0.2, 0) is 0 Å². The van der Waals surface area contributed by atoms with Crippen LogP contribution in [0.2, 0.25) is 0 Å². The minimum absolute atomic E-state index is 0.194. The predicted molar refractivity (Wildman–Crippen MR) is 92.6 cm³/mol. The molecular weight excluding hydrogens is 290 g/mol. The summed E-state index contributed by atoms with van der Waals surface area (Å²) in [7, 11) is 3.33. The van der Waals surface area contributed by atoms with Crippen molar-refractivity contribution in [2.45, 2.75) is 19.3 Å². The second-order valence-electron chi connectivity index (χ2n) is 5.47. The highest BCUT2D eigenvalue weighted by Gasteiger charge is 2.15. The van der Waals surface area contributed by atoms with Crippen LogP contribution in [0.4, 0.5) is 0 Å². The van der Waals surface area contributed by atoms with Gasteiger partial charge in [0.05, 0.1) is 20.8 Å². The molecule has 1 atom stereocenters. The predicted octanol–water partition coefficient (Wildman–Crippen LogP) is 3.52. The first-order valence-electron chi connectivity index (χ1n) is 7.80. The Morgan fingerprint density at radius 1 is 0.957 bits per heavy atom. The van der Waals surface area contributed by atoms with Gasteiger partial charge < -0.3 is 19.9 Å². The van der Waals surface area contributed by atoms with Gasteiger partial charge >= 0.3 is 0 Å². The molecule has 0 aliphatic carbocycles. The van der Waals surface area contributed by atoms with Gasteiger partial charge in [-0.05, 0) is 43.7 Å². The molecule has 4 nitrogen and oxygen atoms in total. The van der Waals surface area contributed by atoms with Crippen molar-refractivity contribution in [3.63, 3.8) is 0 Å². The fourth-order valence-corrected chi connectivity index (χ4v) is 2.62. The maximum atomic E-state index is 5.98. The quantitative estimate of drug-likeness (QED) is 0.810. The Hall–Kier alpha value is -2.20. The molecular formula is C19H25NO3. The number of benzene rings is 2. The first kappa shape index (κ1) is 17.2. The maximum Gasteiger partial charge on any atom is 0.161 e. The zero-order chi connectivity index (χ0) is 16.7. The van der Waals surface area contributed by atoms with Gasteiger partial charge in [-0.15, -0.1) is 0 Å². The summed E-state index contributed by atoms with van der Waals surface area (Å²) in [5, 5.41) is 0. The summed E-state index contributed by atoms with van der Waals surface area (Å²) in [6, 6.07) is 13.8. The lowest BCUT2D eigenvalue weighted by molar-refractivity contribution is 0.278. The molecule has 4 heteroatoms. The molecule has 124 valence electrons. The Balaban J connectivity index is 2.04. The average Bonchev–Trinajstić information content (AvgIpc) is 2.59. The van der Waals surface area contributed by atoms with Crippen LogP contribution in [0, 0.1) is 6.92 Å². The van der Waals surface area contributed by atoms with Gasteiger partial charge in [-0.25, -0.2) is 0 Å². The summed E-state index contributed by atoms with van der Waals surface area (Å²) in [6.45, 7) is 3.19. The third-order valence-corrected chi connectivity index (χ3v) is 3.90. The fourth-order valence-electron chi connectivity index (χ4n) is 2.62. The molecule has 0 saturated heterocycles. The third-order valence-electron chi connectivity index (χ3n) is 3.90. The highest BCUT2D eigenvalue weighted by atomic mass is 16.5. The largest absolute Gasteiger partial charge is 0.496 e. The maximum absolute atomic E-state index is 5.98. The topological polar surface area (TPSA) is 53.7 Å². The Bertz CT molecular complexity index is 628. The minimum atomic E-state index is 0.194. The van der Waals surface area contributed by atoms with E-state index in [9.17, 15) is 0 Å². The van der Waals surface area contributed by atoms with E-state index in [4.69, 9.17) is 19.9 Å². The summed E-state index contributed by atoms with van der Waals surface area (Å²) in [5.74, 6) is 2.56. The molecule has 0 fully saturated rings.